The van der Waals surface area contributed by atoms with Crippen molar-refractivity contribution in [1.29, 1.82) is 0 Å². The molecule has 1 amide bonds. The molecule has 1 fully saturated rings. The van der Waals surface area contributed by atoms with E-state index in [-0.39, 0.29) is 17.9 Å². The summed E-state index contributed by atoms with van der Waals surface area (Å²) in [6.07, 6.45) is 8.43. The maximum atomic E-state index is 13.3. The van der Waals surface area contributed by atoms with Gasteiger partial charge in [-0.3, -0.25) is 14.8 Å². The Morgan fingerprint density at radius 3 is 2.92 bits per heavy atom. The lowest BCUT2D eigenvalue weighted by Crippen LogP contribution is -2.42. The van der Waals surface area contributed by atoms with Gasteiger partial charge >= 0.3 is 0 Å². The first kappa shape index (κ1) is 17.5. The summed E-state index contributed by atoms with van der Waals surface area (Å²) in [5, 5.41) is 3.43. The van der Waals surface area contributed by atoms with Gasteiger partial charge in [-0.1, -0.05) is 12.1 Å². The number of aromatic nitrogens is 2. The van der Waals surface area contributed by atoms with Crippen molar-refractivity contribution in [1.82, 2.24) is 20.2 Å². The molecule has 5 nitrogen and oxygen atoms in total. The fraction of sp³-hybridized carbons (Fsp3) is 0.450. The van der Waals surface area contributed by atoms with Gasteiger partial charge in [0.25, 0.3) is 0 Å². The van der Waals surface area contributed by atoms with Crippen LogP contribution in [0.25, 0.3) is 0 Å². The largest absolute Gasteiger partial charge is 0.333 e. The first-order valence-electron chi connectivity index (χ1n) is 9.06. The minimum absolute atomic E-state index is 0.158. The van der Waals surface area contributed by atoms with Crippen LogP contribution in [0.3, 0.4) is 0 Å². The van der Waals surface area contributed by atoms with E-state index in [1.165, 1.54) is 0 Å². The van der Waals surface area contributed by atoms with Crippen LogP contribution in [-0.2, 0) is 11.3 Å². The van der Waals surface area contributed by atoms with Gasteiger partial charge in [-0.15, -0.1) is 0 Å². The fourth-order valence-electron chi connectivity index (χ4n) is 3.39. The summed E-state index contributed by atoms with van der Waals surface area (Å²) >= 11 is 0. The molecule has 132 valence electrons. The van der Waals surface area contributed by atoms with Gasteiger partial charge in [-0.05, 0) is 63.0 Å². The molecule has 0 spiro atoms. The summed E-state index contributed by atoms with van der Waals surface area (Å²) in [6.45, 7) is 4.52. The van der Waals surface area contributed by atoms with Crippen LogP contribution in [-0.4, -0.2) is 39.9 Å². The van der Waals surface area contributed by atoms with Crippen molar-refractivity contribution in [3.63, 3.8) is 0 Å². The Kier molecular flexibility index (Phi) is 6.12. The highest BCUT2D eigenvalue weighted by Gasteiger charge is 2.29. The van der Waals surface area contributed by atoms with E-state index in [2.05, 4.69) is 15.3 Å². The number of carbonyl (C=O) groups is 1. The number of hydrogen-bond donors (Lipinski definition) is 1. The van der Waals surface area contributed by atoms with E-state index in [9.17, 15) is 4.79 Å². The summed E-state index contributed by atoms with van der Waals surface area (Å²) in [4.78, 5) is 23.9. The van der Waals surface area contributed by atoms with Crippen molar-refractivity contribution < 1.29 is 4.79 Å². The van der Waals surface area contributed by atoms with E-state index < -0.39 is 0 Å². The van der Waals surface area contributed by atoms with Crippen molar-refractivity contribution in [3.05, 3.63) is 60.2 Å². The number of rotatable bonds is 5. The highest BCUT2D eigenvalue weighted by atomic mass is 16.2. The third-order valence-electron chi connectivity index (χ3n) is 4.88. The van der Waals surface area contributed by atoms with Crippen molar-refractivity contribution in [2.24, 2.45) is 0 Å². The van der Waals surface area contributed by atoms with Gasteiger partial charge in [0, 0.05) is 24.6 Å². The van der Waals surface area contributed by atoms with Gasteiger partial charge in [-0.2, -0.15) is 0 Å². The van der Waals surface area contributed by atoms with E-state index >= 15 is 0 Å². The maximum Gasteiger partial charge on any atom is 0.230 e. The molecule has 0 saturated carbocycles. The van der Waals surface area contributed by atoms with Crippen LogP contribution in [0.4, 0.5) is 0 Å². The highest BCUT2D eigenvalue weighted by molar-refractivity contribution is 5.83. The zero-order valence-corrected chi connectivity index (χ0v) is 14.8. The molecule has 2 aromatic rings. The van der Waals surface area contributed by atoms with E-state index in [0.29, 0.717) is 6.54 Å². The van der Waals surface area contributed by atoms with Crippen LogP contribution in [0.15, 0.2) is 48.9 Å². The normalized spacial score (nSPS) is 19.0. The second-order valence-electron chi connectivity index (χ2n) is 6.63. The summed E-state index contributed by atoms with van der Waals surface area (Å²) in [5.74, 6) is -0.0424. The average molecular weight is 338 g/mol. The Labute approximate surface area is 149 Å². The SMILES string of the molecule is C[C@@H](C(=O)N(Cc1ccccn1)[C@@H]1CCCNCC1)c1cccnc1. The molecule has 25 heavy (non-hydrogen) atoms. The first-order chi connectivity index (χ1) is 12.3. The molecule has 0 unspecified atom stereocenters. The standard InChI is InChI=1S/C20H26N4O/c1-16(17-6-4-11-22-14-17)20(25)24(15-18-7-2-3-12-23-18)19-8-5-10-21-13-9-19/h2-4,6-7,11-12,14,16,19,21H,5,8-10,13,15H2,1H3/t16-,19-/m1/s1. The van der Waals surface area contributed by atoms with Gasteiger partial charge < -0.3 is 10.2 Å². The molecule has 3 rings (SSSR count). The molecule has 0 radical (unpaired) electrons. The van der Waals surface area contributed by atoms with Crippen molar-refractivity contribution >= 4 is 5.91 Å². The van der Waals surface area contributed by atoms with Crippen LogP contribution in [0.5, 0.6) is 0 Å². The van der Waals surface area contributed by atoms with Crippen LogP contribution in [0.2, 0.25) is 0 Å². The molecular weight excluding hydrogens is 312 g/mol. The second kappa shape index (κ2) is 8.72. The summed E-state index contributed by atoms with van der Waals surface area (Å²) in [5.41, 5.74) is 1.90. The van der Waals surface area contributed by atoms with Crippen molar-refractivity contribution in [2.75, 3.05) is 13.1 Å². The van der Waals surface area contributed by atoms with Gasteiger partial charge in [0.2, 0.25) is 5.91 Å². The van der Waals surface area contributed by atoms with Crippen LogP contribution < -0.4 is 5.32 Å². The van der Waals surface area contributed by atoms with E-state index in [1.54, 1.807) is 18.6 Å². The number of amides is 1. The minimum Gasteiger partial charge on any atom is -0.333 e. The predicted molar refractivity (Wildman–Crippen MR) is 97.9 cm³/mol. The first-order valence-corrected chi connectivity index (χ1v) is 9.06. The Hall–Kier alpha value is -2.27. The lowest BCUT2D eigenvalue weighted by atomic mass is 9.98. The van der Waals surface area contributed by atoms with Crippen LogP contribution >= 0.6 is 0 Å². The lowest BCUT2D eigenvalue weighted by Gasteiger charge is -2.33. The monoisotopic (exact) mass is 338 g/mol. The molecule has 1 aliphatic heterocycles. The molecule has 0 bridgehead atoms. The predicted octanol–water partition coefficient (Wildman–Crippen LogP) is 2.75. The van der Waals surface area contributed by atoms with Crippen LogP contribution in [0, 0.1) is 0 Å². The van der Waals surface area contributed by atoms with Gasteiger partial charge in [0.1, 0.15) is 0 Å². The molecule has 1 aliphatic rings. The fourth-order valence-corrected chi connectivity index (χ4v) is 3.39. The topological polar surface area (TPSA) is 58.1 Å². The average Bonchev–Trinajstić information content (AvgIpc) is 2.96. The number of hydrogen-bond acceptors (Lipinski definition) is 4. The maximum absolute atomic E-state index is 13.3. The van der Waals surface area contributed by atoms with Crippen LogP contribution in [0.1, 0.15) is 43.4 Å². The molecule has 5 heteroatoms. The molecule has 0 aliphatic carbocycles. The number of nitrogens with zero attached hydrogens (tertiary/aromatic N) is 3. The van der Waals surface area contributed by atoms with E-state index in [1.807, 2.05) is 42.2 Å². The molecule has 2 atom stereocenters. The summed E-state index contributed by atoms with van der Waals surface area (Å²) < 4.78 is 0. The molecule has 3 heterocycles. The quantitative estimate of drug-likeness (QED) is 0.911. The van der Waals surface area contributed by atoms with Gasteiger partial charge in [0.15, 0.2) is 0 Å². The summed E-state index contributed by atoms with van der Waals surface area (Å²) in [6, 6.07) is 9.99. The van der Waals surface area contributed by atoms with E-state index in [0.717, 1.165) is 43.6 Å². The molecule has 2 aromatic heterocycles. The lowest BCUT2D eigenvalue weighted by molar-refractivity contribution is -0.135. The molecule has 0 aromatic carbocycles. The summed E-state index contributed by atoms with van der Waals surface area (Å²) in [7, 11) is 0. The zero-order valence-electron chi connectivity index (χ0n) is 14.8. The Balaban J connectivity index is 1.82. The number of carbonyl (C=O) groups excluding carboxylic acids is 1. The van der Waals surface area contributed by atoms with Crippen molar-refractivity contribution in [3.8, 4) is 0 Å². The Morgan fingerprint density at radius 2 is 2.16 bits per heavy atom. The molecular formula is C20H26N4O. The Morgan fingerprint density at radius 1 is 1.24 bits per heavy atom. The third-order valence-corrected chi connectivity index (χ3v) is 4.88. The smallest absolute Gasteiger partial charge is 0.230 e. The molecule has 1 saturated heterocycles. The van der Waals surface area contributed by atoms with E-state index in [4.69, 9.17) is 0 Å². The van der Waals surface area contributed by atoms with Gasteiger partial charge in [0.05, 0.1) is 18.2 Å². The second-order valence-corrected chi connectivity index (χ2v) is 6.63. The molecule has 1 N–H and O–H groups in total. The third kappa shape index (κ3) is 4.63. The number of pyridine rings is 2. The van der Waals surface area contributed by atoms with Gasteiger partial charge in [-0.25, -0.2) is 0 Å². The zero-order chi connectivity index (χ0) is 17.5. The number of nitrogens with one attached hydrogen (secondary N) is 1. The minimum atomic E-state index is -0.200. The Bertz CT molecular complexity index is 654. The highest BCUT2D eigenvalue weighted by Crippen LogP contribution is 2.23. The van der Waals surface area contributed by atoms with Crippen molar-refractivity contribution in [2.45, 2.75) is 44.7 Å².